The first-order valence-corrected chi connectivity index (χ1v) is 55.0. The molecule has 0 saturated heterocycles. The van der Waals surface area contributed by atoms with E-state index in [1.54, 1.807) is 0 Å². The van der Waals surface area contributed by atoms with Crippen LogP contribution in [0.15, 0.2) is 315 Å². The molecule has 0 N–H and O–H groups in total. The number of benzene rings is 12. The molecule has 0 amide bonds. The second-order valence-corrected chi connectivity index (χ2v) is 44.5. The predicted molar refractivity (Wildman–Crippen MR) is 670 cm³/mol. The third-order valence-electron chi connectivity index (χ3n) is 15.5. The van der Waals surface area contributed by atoms with Crippen LogP contribution in [0.5, 0.6) is 0 Å². The second-order valence-electron chi connectivity index (χ2n) is 44.5. The van der Waals surface area contributed by atoms with Crippen LogP contribution in [-0.2, 0) is 54.4 Å². The Morgan fingerprint density at radius 3 is 0.476 bits per heavy atom. The Balaban J connectivity index is -0.000000134. The smallest absolute Gasteiger partial charge is 0 e. The summed E-state index contributed by atoms with van der Waals surface area (Å²) in [6.45, 7) is 128. The molecule has 0 atom stereocenters. The van der Waals surface area contributed by atoms with Gasteiger partial charge in [0.05, 0.1) is 0 Å². The van der Waals surface area contributed by atoms with Crippen LogP contribution in [0, 0.1) is 44.6 Å². The first kappa shape index (κ1) is 160. The summed E-state index contributed by atoms with van der Waals surface area (Å²) in [6, 6.07) is 117. The number of rotatable bonds is 7. The van der Waals surface area contributed by atoms with E-state index >= 15 is 0 Å². The molecule has 12 aromatic carbocycles. The topological polar surface area (TPSA) is 0 Å². The van der Waals surface area contributed by atoms with Gasteiger partial charge in [-0.1, -0.05) is 676 Å². The molecule has 805 valence electrons. The van der Waals surface area contributed by atoms with Crippen LogP contribution in [0.1, 0.15) is 438 Å². The van der Waals surface area contributed by atoms with E-state index in [1.165, 1.54) is 89.0 Å². The first-order valence-electron chi connectivity index (χ1n) is 55.0. The number of hydrogen-bond donors (Lipinski definition) is 0. The molecular weight excluding hydrogens is 1790 g/mol. The van der Waals surface area contributed by atoms with Gasteiger partial charge in [0.1, 0.15) is 0 Å². The molecule has 0 aliphatic heterocycles. The van der Waals surface area contributed by atoms with Gasteiger partial charge in [-0.3, -0.25) is 0 Å². The molecule has 0 aliphatic rings. The van der Waals surface area contributed by atoms with Crippen molar-refractivity contribution < 1.29 is 32.7 Å². The van der Waals surface area contributed by atoms with Gasteiger partial charge in [0, 0.05) is 32.7 Å². The minimum absolute atomic E-state index is 0. The summed E-state index contributed by atoms with van der Waals surface area (Å²) < 4.78 is 0. The van der Waals surface area contributed by atoms with Crippen molar-refractivity contribution in [3.05, 3.63) is 350 Å². The fraction of sp³-hybridized carbons (Fsp3) is 0.493. The summed E-state index contributed by atoms with van der Waals surface area (Å²) in [7, 11) is 0. The van der Waals surface area contributed by atoms with Gasteiger partial charge in [-0.15, -0.1) is 12.1 Å². The van der Waals surface area contributed by atoms with Crippen LogP contribution >= 0.6 is 0 Å². The van der Waals surface area contributed by atoms with Crippen LogP contribution in [0.25, 0.3) is 77.9 Å². The van der Waals surface area contributed by atoms with Gasteiger partial charge in [-0.05, 0) is 149 Å². The molecule has 0 saturated carbocycles. The van der Waals surface area contributed by atoms with E-state index in [9.17, 15) is 0 Å². The van der Waals surface area contributed by atoms with Gasteiger partial charge in [0.15, 0.2) is 0 Å². The van der Waals surface area contributed by atoms with Crippen molar-refractivity contribution in [3.8, 4) is 77.9 Å². The molecule has 0 heterocycles. The maximum Gasteiger partial charge on any atom is 0 e. The Kier molecular flexibility index (Phi) is 103. The molecule has 1 radical (unpaired) electrons. The quantitative estimate of drug-likeness (QED) is 0.140. The molecule has 1 heteroatoms. The molecule has 12 aromatic rings. The zero-order chi connectivity index (χ0) is 114. The van der Waals surface area contributed by atoms with E-state index in [0.29, 0.717) is 32.5 Å². The van der Waals surface area contributed by atoms with Gasteiger partial charge in [0.2, 0.25) is 0 Å². The van der Waals surface area contributed by atoms with Crippen molar-refractivity contribution in [1.29, 1.82) is 0 Å². The second kappa shape index (κ2) is 92.4. The fourth-order valence-electron chi connectivity index (χ4n) is 10.1. The molecule has 0 nitrogen and oxygen atoms in total. The van der Waals surface area contributed by atoms with Gasteiger partial charge < -0.3 is 0 Å². The minimum Gasteiger partial charge on any atom is -0.226 e. The van der Waals surface area contributed by atoms with E-state index in [2.05, 4.69) is 516 Å². The average Bonchev–Trinajstić information content (AvgIpc) is 0.828. The predicted octanol–water partition coefficient (Wildman–Crippen LogP) is 49.5. The van der Waals surface area contributed by atoms with Crippen molar-refractivity contribution in [3.63, 3.8) is 0 Å². The normalized spacial score (nSPS) is 9.90. The summed E-state index contributed by atoms with van der Waals surface area (Å²) >= 11 is 0. The minimum atomic E-state index is 0. The van der Waals surface area contributed by atoms with Crippen molar-refractivity contribution in [2.75, 3.05) is 0 Å². The van der Waals surface area contributed by atoms with E-state index in [-0.39, 0.29) is 54.4 Å². The van der Waals surface area contributed by atoms with Crippen molar-refractivity contribution in [2.24, 2.45) is 32.5 Å². The zero-order valence-electron chi connectivity index (χ0n) is 106. The van der Waals surface area contributed by atoms with Gasteiger partial charge in [0.25, 0.3) is 0 Å². The Hall–Kier alpha value is -8.26. The summed E-state index contributed by atoms with van der Waals surface area (Å²) in [5, 5.41) is 0. The average molecular weight is 2030 g/mol. The van der Waals surface area contributed by atoms with Crippen molar-refractivity contribution in [2.45, 2.75) is 437 Å². The van der Waals surface area contributed by atoms with Gasteiger partial charge in [-0.2, -0.15) is 48.5 Å². The van der Waals surface area contributed by atoms with Gasteiger partial charge >= 0.3 is 0 Å². The van der Waals surface area contributed by atoms with Crippen LogP contribution < -0.4 is 0 Å². The van der Waals surface area contributed by atoms with Crippen LogP contribution in [0.2, 0.25) is 0 Å². The number of hydrogen-bond acceptors (Lipinski definition) is 0. The first-order chi connectivity index (χ1) is 66.2. The van der Waals surface area contributed by atoms with Gasteiger partial charge in [-0.25, -0.2) is 11.1 Å². The summed E-state index contributed by atoms with van der Waals surface area (Å²) in [5.74, 6) is 0. The molecule has 12 rings (SSSR count). The SMILES string of the molecule is CC.CC.CC.CC.CC.CC.CC.CC.CC.CC.CC.CC.CC(C)(C)C.CC(C)(C)C.CC(C)(C)C.CC(C)(C)C.CC(C)(C)C.CC(C)(C)C.CC(C)(C)c1ccc(-c2ccc(C(C)(C)C)cc2)cc1.CC(C)(C)c1ccc(-c2cccc(C(C)(C)C)c2)cc1.[Y].[c-]1ccccc1-c1[c-]cccc1.c1ccc(-c2cccc(-c3ccccc3)c2)cc1.c1ccc(-c2ccccc2-c2ccccc2)cc1. The third kappa shape index (κ3) is 99.5. The summed E-state index contributed by atoms with van der Waals surface area (Å²) in [6.07, 6.45) is 0. The van der Waals surface area contributed by atoms with Crippen LogP contribution in [0.3, 0.4) is 0 Å². The molecule has 0 aliphatic carbocycles. The Morgan fingerprint density at radius 2 is 0.287 bits per heavy atom. The van der Waals surface area contributed by atoms with Crippen molar-refractivity contribution >= 4 is 0 Å². The Bertz CT molecular complexity index is 4250. The van der Waals surface area contributed by atoms with E-state index < -0.39 is 0 Å². The molecule has 0 spiro atoms. The van der Waals surface area contributed by atoms with E-state index in [1.807, 2.05) is 227 Å². The van der Waals surface area contributed by atoms with E-state index in [4.69, 9.17) is 0 Å². The molecule has 0 unspecified atom stereocenters. The Labute approximate surface area is 922 Å². The molecule has 143 heavy (non-hydrogen) atoms. The van der Waals surface area contributed by atoms with Crippen molar-refractivity contribution in [1.82, 2.24) is 0 Å². The zero-order valence-corrected chi connectivity index (χ0v) is 108. The maximum atomic E-state index is 3.15. The largest absolute Gasteiger partial charge is 0.226 e. The standard InChI is InChI=1S/2C20H26.2C18H14.C12H8.6C5H12.12C2H6.Y/c1-19(2,3)17-11-7-15(8-12-17)16-9-13-18(14-10-16)20(4,5)6;1-19(2,3)17-12-10-15(11-13-17)16-8-7-9-18(14-16)20(4,5)6;1-3-9-15(10-4-1)17-13-7-8-14-18(17)16-11-5-2-6-12-16;1-3-8-15(9-4-1)17-12-7-13-18(14-17)16-10-5-2-6-11-16;1-3-7-11(8-4-1)12-9-5-2-6-10-12;6*1-5(2,3)4;12*1-2;/h2*7-14H,1-6H3;2*1-14H;1-7,9H;6*1-4H3;12*1-2H3;/q;;;;-2;;;;;;;;;;;;;;;;;;;. The van der Waals surface area contributed by atoms with E-state index in [0.717, 1.165) is 11.1 Å². The molecular formula is C142H232Y-2. The van der Waals surface area contributed by atoms with Crippen LogP contribution in [-0.4, -0.2) is 0 Å². The fourth-order valence-corrected chi connectivity index (χ4v) is 10.1. The monoisotopic (exact) mass is 2030 g/mol. The van der Waals surface area contributed by atoms with Crippen LogP contribution in [0.4, 0.5) is 0 Å². The molecule has 0 fully saturated rings. The third-order valence-corrected chi connectivity index (χ3v) is 15.5. The summed E-state index contributed by atoms with van der Waals surface area (Å²) in [5.41, 5.74) is 26.9. The summed E-state index contributed by atoms with van der Waals surface area (Å²) in [4.78, 5) is 0. The Morgan fingerprint density at radius 1 is 0.133 bits per heavy atom. The molecule has 0 aromatic heterocycles. The molecule has 0 bridgehead atoms. The maximum absolute atomic E-state index is 3.15.